The minimum absolute atomic E-state index is 0.0524. The van der Waals surface area contributed by atoms with Crippen molar-refractivity contribution in [2.75, 3.05) is 43.1 Å². The third-order valence-electron chi connectivity index (χ3n) is 7.42. The predicted octanol–water partition coefficient (Wildman–Crippen LogP) is 3.39. The highest BCUT2D eigenvalue weighted by Crippen LogP contribution is 2.46. The van der Waals surface area contributed by atoms with Crippen LogP contribution in [0, 0.1) is 5.41 Å². The van der Waals surface area contributed by atoms with E-state index in [9.17, 15) is 9.59 Å². The van der Waals surface area contributed by atoms with Crippen LogP contribution in [-0.2, 0) is 5.54 Å². The fourth-order valence-electron chi connectivity index (χ4n) is 5.68. The van der Waals surface area contributed by atoms with Crippen molar-refractivity contribution in [2.45, 2.75) is 19.4 Å². The zero-order chi connectivity index (χ0) is 25.2. The first-order valence-corrected chi connectivity index (χ1v) is 12.1. The molecule has 184 valence electrons. The van der Waals surface area contributed by atoms with Gasteiger partial charge in [0.25, 0.3) is 11.8 Å². The molecular weight excluding hydrogens is 480 g/mol. The number of halogens is 1. The number of pyridine rings is 1. The highest BCUT2D eigenvalue weighted by molar-refractivity contribution is 6.31. The smallest absolute Gasteiger partial charge is 0.278 e. The molecule has 3 aromatic rings. The van der Waals surface area contributed by atoms with E-state index in [1.165, 1.54) is 19.5 Å². The second-order valence-electron chi connectivity index (χ2n) is 10.2. The maximum Gasteiger partial charge on any atom is 0.278 e. The van der Waals surface area contributed by atoms with E-state index in [1.54, 1.807) is 28.1 Å². The number of carbonyl (C=O) groups excluding carboxylic acids is 2. The molecule has 0 radical (unpaired) electrons. The predicted molar refractivity (Wildman–Crippen MR) is 135 cm³/mol. The summed E-state index contributed by atoms with van der Waals surface area (Å²) in [4.78, 5) is 44.6. The zero-order valence-electron chi connectivity index (χ0n) is 20.2. The van der Waals surface area contributed by atoms with Gasteiger partial charge in [-0.05, 0) is 43.7 Å². The number of methoxy groups -OCH3 is 1. The summed E-state index contributed by atoms with van der Waals surface area (Å²) in [6.07, 6.45) is 6.55. The molecule has 0 atom stereocenters. The van der Waals surface area contributed by atoms with Crippen LogP contribution < -0.4 is 14.5 Å². The summed E-state index contributed by atoms with van der Waals surface area (Å²) in [5.41, 5.74) is 3.01. The molecule has 3 aliphatic heterocycles. The number of hydrogen-bond acceptors (Lipinski definition) is 7. The number of carbonyl (C=O) groups is 2. The van der Waals surface area contributed by atoms with Crippen molar-refractivity contribution in [1.82, 2.24) is 19.9 Å². The van der Waals surface area contributed by atoms with Crippen molar-refractivity contribution < 1.29 is 14.3 Å². The fraction of sp³-hybridized carbons (Fsp3) is 0.346. The molecule has 1 aromatic carbocycles. The second-order valence-corrected chi connectivity index (χ2v) is 10.7. The monoisotopic (exact) mass is 504 g/mol. The first-order valence-electron chi connectivity index (χ1n) is 11.7. The summed E-state index contributed by atoms with van der Waals surface area (Å²) in [6, 6.07) is 7.42. The number of fused-ring (bicyclic) bond motifs is 1. The van der Waals surface area contributed by atoms with Crippen molar-refractivity contribution >= 4 is 34.8 Å². The van der Waals surface area contributed by atoms with Gasteiger partial charge in [-0.1, -0.05) is 11.6 Å². The van der Waals surface area contributed by atoms with Crippen LogP contribution in [0.1, 0.15) is 40.3 Å². The van der Waals surface area contributed by atoms with Gasteiger partial charge in [-0.15, -0.1) is 0 Å². The lowest BCUT2D eigenvalue weighted by molar-refractivity contribution is -0.0111. The van der Waals surface area contributed by atoms with Crippen molar-refractivity contribution in [3.63, 3.8) is 0 Å². The van der Waals surface area contributed by atoms with Crippen molar-refractivity contribution in [3.8, 4) is 5.88 Å². The van der Waals surface area contributed by atoms with Crippen LogP contribution >= 0.6 is 11.6 Å². The molecule has 6 rings (SSSR count). The lowest BCUT2D eigenvalue weighted by Gasteiger charge is -2.60. The molecular formula is C26H25ClN6O3. The summed E-state index contributed by atoms with van der Waals surface area (Å²) in [5, 5.41) is 0.611. The molecule has 36 heavy (non-hydrogen) atoms. The Hall–Kier alpha value is -3.72. The molecule has 0 unspecified atom stereocenters. The van der Waals surface area contributed by atoms with Crippen LogP contribution in [0.2, 0.25) is 5.02 Å². The molecule has 0 N–H and O–H groups in total. The number of nitrogens with zero attached hydrogens (tertiary/aromatic N) is 6. The normalized spacial score (nSPS) is 19.1. The molecule has 2 fully saturated rings. The number of amides is 2. The number of ether oxygens (including phenoxy) is 1. The highest BCUT2D eigenvalue weighted by Gasteiger charge is 2.54. The van der Waals surface area contributed by atoms with Gasteiger partial charge in [0.05, 0.1) is 36.4 Å². The van der Waals surface area contributed by atoms with Crippen LogP contribution in [0.15, 0.2) is 49.1 Å². The van der Waals surface area contributed by atoms with E-state index in [4.69, 9.17) is 16.3 Å². The number of hydrogen-bond donors (Lipinski definition) is 0. The topological polar surface area (TPSA) is 91.8 Å². The molecule has 10 heteroatoms. The Morgan fingerprint density at radius 3 is 2.50 bits per heavy atom. The summed E-state index contributed by atoms with van der Waals surface area (Å²) >= 11 is 6.22. The molecule has 5 heterocycles. The lowest BCUT2D eigenvalue weighted by Crippen LogP contribution is -2.73. The van der Waals surface area contributed by atoms with Gasteiger partial charge in [0.1, 0.15) is 0 Å². The third-order valence-corrected chi connectivity index (χ3v) is 7.65. The third kappa shape index (κ3) is 3.33. The second kappa shape index (κ2) is 7.89. The Kier molecular flexibility index (Phi) is 4.98. The molecule has 0 aliphatic carbocycles. The van der Waals surface area contributed by atoms with E-state index in [0.29, 0.717) is 23.7 Å². The summed E-state index contributed by atoms with van der Waals surface area (Å²) < 4.78 is 5.18. The van der Waals surface area contributed by atoms with Gasteiger partial charge in [-0.25, -0.2) is 9.97 Å². The van der Waals surface area contributed by atoms with Gasteiger partial charge in [-0.3, -0.25) is 19.5 Å². The SMILES string of the molecule is COc1nccnc1C(=O)N1CC2(C1)CN(c1cncc(N3C(=O)c4ccc(Cl)cc4C3(C)C)c1)C2. The minimum atomic E-state index is -0.552. The Balaban J connectivity index is 1.15. The molecule has 3 aliphatic rings. The number of aromatic nitrogens is 3. The van der Waals surface area contributed by atoms with Crippen LogP contribution in [0.4, 0.5) is 11.4 Å². The zero-order valence-corrected chi connectivity index (χ0v) is 21.0. The van der Waals surface area contributed by atoms with Gasteiger partial charge >= 0.3 is 0 Å². The number of anilines is 2. The van der Waals surface area contributed by atoms with Crippen molar-refractivity contribution in [2.24, 2.45) is 5.41 Å². The van der Waals surface area contributed by atoms with E-state index < -0.39 is 5.54 Å². The van der Waals surface area contributed by atoms with Crippen LogP contribution in [0.5, 0.6) is 5.88 Å². The first-order chi connectivity index (χ1) is 17.2. The van der Waals surface area contributed by atoms with Gasteiger partial charge < -0.3 is 14.5 Å². The van der Waals surface area contributed by atoms with Crippen LogP contribution in [-0.4, -0.2) is 65.0 Å². The van der Waals surface area contributed by atoms with E-state index >= 15 is 0 Å². The highest BCUT2D eigenvalue weighted by atomic mass is 35.5. The lowest BCUT2D eigenvalue weighted by atomic mass is 9.72. The van der Waals surface area contributed by atoms with Gasteiger partial charge in [0.2, 0.25) is 5.88 Å². The Morgan fingerprint density at radius 1 is 1.03 bits per heavy atom. The first kappa shape index (κ1) is 22.7. The largest absolute Gasteiger partial charge is 0.479 e. The average molecular weight is 505 g/mol. The quantitative estimate of drug-likeness (QED) is 0.537. The van der Waals surface area contributed by atoms with E-state index in [2.05, 4.69) is 19.9 Å². The van der Waals surface area contributed by atoms with Gasteiger partial charge in [-0.2, -0.15) is 0 Å². The number of rotatable bonds is 4. The summed E-state index contributed by atoms with van der Waals surface area (Å²) in [6.45, 7) is 6.97. The molecule has 0 bridgehead atoms. The minimum Gasteiger partial charge on any atom is -0.479 e. The maximum absolute atomic E-state index is 13.3. The Labute approximate surface area is 213 Å². The summed E-state index contributed by atoms with van der Waals surface area (Å²) in [7, 11) is 1.48. The molecule has 1 spiro atoms. The van der Waals surface area contributed by atoms with E-state index in [1.807, 2.05) is 32.2 Å². The average Bonchev–Trinajstić information content (AvgIpc) is 3.01. The molecule has 0 saturated carbocycles. The van der Waals surface area contributed by atoms with Crippen LogP contribution in [0.25, 0.3) is 0 Å². The van der Waals surface area contributed by atoms with Gasteiger partial charge in [0.15, 0.2) is 5.69 Å². The Morgan fingerprint density at radius 2 is 1.75 bits per heavy atom. The molecule has 2 saturated heterocycles. The molecule has 2 amide bonds. The molecule has 2 aromatic heterocycles. The number of likely N-dealkylation sites (tertiary alicyclic amines) is 1. The molecule has 9 nitrogen and oxygen atoms in total. The fourth-order valence-corrected chi connectivity index (χ4v) is 5.85. The van der Waals surface area contributed by atoms with Crippen LogP contribution in [0.3, 0.4) is 0 Å². The Bertz CT molecular complexity index is 1400. The van der Waals surface area contributed by atoms with Crippen molar-refractivity contribution in [1.29, 1.82) is 0 Å². The van der Waals surface area contributed by atoms with E-state index in [-0.39, 0.29) is 28.8 Å². The van der Waals surface area contributed by atoms with Crippen molar-refractivity contribution in [3.05, 3.63) is 70.9 Å². The standard InChI is InChI=1S/C26H25ClN6O3/c1-25(2)20-8-16(27)4-5-19(20)23(34)33(25)18-9-17(10-28-11-18)31-12-26(13-31)14-32(15-26)24(35)21-22(36-3)30-7-6-29-21/h4-11H,12-15H2,1-3H3. The van der Waals surface area contributed by atoms with Gasteiger partial charge in [0, 0.05) is 54.6 Å². The maximum atomic E-state index is 13.3. The number of benzene rings is 1. The van der Waals surface area contributed by atoms with E-state index in [0.717, 1.165) is 30.0 Å². The summed E-state index contributed by atoms with van der Waals surface area (Å²) in [5.74, 6) is 0.0193.